The molecule has 10 heteroatoms. The molecule has 0 atom stereocenters. The Kier molecular flexibility index (Phi) is 6.63. The third-order valence-electron chi connectivity index (χ3n) is 3.33. The summed E-state index contributed by atoms with van der Waals surface area (Å²) in [6, 6.07) is 4.58. The van der Waals surface area contributed by atoms with Crippen LogP contribution in [0.4, 0.5) is 10.1 Å². The van der Waals surface area contributed by atoms with Gasteiger partial charge < -0.3 is 15.8 Å². The Labute approximate surface area is 163 Å². The number of benzene rings is 1. The molecule has 0 unspecified atom stereocenters. The molecule has 1 amide bonds. The highest BCUT2D eigenvalue weighted by Crippen LogP contribution is 2.34. The molecule has 0 saturated heterocycles. The number of carbonyl (C=O) groups excluding carboxylic acids is 2. The first kappa shape index (κ1) is 20.2. The molecule has 0 aliphatic heterocycles. The number of nitrogen functional groups attached to an aromatic ring is 1. The number of rotatable bonds is 5. The minimum Gasteiger partial charge on any atom is -0.451 e. The molecule has 1 aromatic heterocycles. The first-order valence-corrected chi connectivity index (χ1v) is 8.33. The Morgan fingerprint density at radius 2 is 1.96 bits per heavy atom. The number of amides is 1. The maximum atomic E-state index is 13.4. The SMILES string of the molecule is Cc1ccc(CNC(=O)COC(=O)c2nc(Cl)c(Cl)c(N)c2Cl)cc1F. The summed E-state index contributed by atoms with van der Waals surface area (Å²) < 4.78 is 18.3. The lowest BCUT2D eigenvalue weighted by molar-refractivity contribution is -0.124. The van der Waals surface area contributed by atoms with Crippen LogP contribution in [-0.2, 0) is 16.1 Å². The lowest BCUT2D eigenvalue weighted by Crippen LogP contribution is -2.28. The Hall–Kier alpha value is -2.09. The van der Waals surface area contributed by atoms with Crippen molar-refractivity contribution in [2.24, 2.45) is 0 Å². The van der Waals surface area contributed by atoms with Crippen LogP contribution in [0.15, 0.2) is 18.2 Å². The van der Waals surface area contributed by atoms with E-state index < -0.39 is 18.5 Å². The molecule has 138 valence electrons. The molecule has 0 saturated carbocycles. The van der Waals surface area contributed by atoms with Gasteiger partial charge in [-0.1, -0.05) is 46.9 Å². The van der Waals surface area contributed by atoms with Crippen molar-refractivity contribution < 1.29 is 18.7 Å². The molecular weight excluding hydrogens is 408 g/mol. The van der Waals surface area contributed by atoms with Crippen LogP contribution in [0.25, 0.3) is 0 Å². The summed E-state index contributed by atoms with van der Waals surface area (Å²) in [7, 11) is 0. The van der Waals surface area contributed by atoms with Gasteiger partial charge in [-0.3, -0.25) is 4.79 Å². The van der Waals surface area contributed by atoms with E-state index in [1.807, 2.05) is 0 Å². The minimum absolute atomic E-state index is 0.0757. The molecule has 3 N–H and O–H groups in total. The van der Waals surface area contributed by atoms with Crippen molar-refractivity contribution in [2.75, 3.05) is 12.3 Å². The van der Waals surface area contributed by atoms with Gasteiger partial charge in [-0.15, -0.1) is 0 Å². The Balaban J connectivity index is 1.93. The third-order valence-corrected chi connectivity index (χ3v) is 4.46. The largest absolute Gasteiger partial charge is 0.451 e. The summed E-state index contributed by atoms with van der Waals surface area (Å²) in [6.45, 7) is 1.11. The van der Waals surface area contributed by atoms with Crippen molar-refractivity contribution in [3.8, 4) is 0 Å². The summed E-state index contributed by atoms with van der Waals surface area (Å²) in [5.41, 5.74) is 6.20. The van der Waals surface area contributed by atoms with Gasteiger partial charge in [-0.2, -0.15) is 0 Å². The molecule has 26 heavy (non-hydrogen) atoms. The highest BCUT2D eigenvalue weighted by Gasteiger charge is 2.21. The van der Waals surface area contributed by atoms with Crippen molar-refractivity contribution in [1.29, 1.82) is 0 Å². The van der Waals surface area contributed by atoms with Gasteiger partial charge in [0, 0.05) is 6.54 Å². The van der Waals surface area contributed by atoms with E-state index in [2.05, 4.69) is 10.3 Å². The van der Waals surface area contributed by atoms with E-state index in [0.29, 0.717) is 11.1 Å². The van der Waals surface area contributed by atoms with Gasteiger partial charge in [0.1, 0.15) is 10.8 Å². The van der Waals surface area contributed by atoms with Gasteiger partial charge in [0.25, 0.3) is 5.91 Å². The van der Waals surface area contributed by atoms with Crippen molar-refractivity contribution in [3.63, 3.8) is 0 Å². The number of aryl methyl sites for hydroxylation is 1. The quantitative estimate of drug-likeness (QED) is 0.570. The van der Waals surface area contributed by atoms with Gasteiger partial charge in [-0.05, 0) is 24.1 Å². The van der Waals surface area contributed by atoms with Crippen LogP contribution in [0.1, 0.15) is 21.6 Å². The molecule has 0 aliphatic carbocycles. The molecule has 0 radical (unpaired) electrons. The van der Waals surface area contributed by atoms with E-state index in [1.165, 1.54) is 6.07 Å². The Morgan fingerprint density at radius 3 is 2.62 bits per heavy atom. The smallest absolute Gasteiger partial charge is 0.359 e. The van der Waals surface area contributed by atoms with Crippen LogP contribution in [0, 0.1) is 12.7 Å². The first-order chi connectivity index (χ1) is 12.2. The summed E-state index contributed by atoms with van der Waals surface area (Å²) in [4.78, 5) is 27.5. The second-order valence-corrected chi connectivity index (χ2v) is 6.34. The number of hydrogen-bond donors (Lipinski definition) is 2. The number of pyridine rings is 1. The standard InChI is InChI=1S/C16H13Cl3FN3O3/c1-7-2-3-8(4-9(7)20)5-22-10(24)6-26-16(25)14-11(17)13(21)12(18)15(19)23-14/h2-4H,5-6H2,1H3,(H2,21,23)(H,22,24). The van der Waals surface area contributed by atoms with Crippen molar-refractivity contribution in [3.05, 3.63) is 56.0 Å². The zero-order valence-electron chi connectivity index (χ0n) is 13.4. The van der Waals surface area contributed by atoms with Crippen LogP contribution in [0.3, 0.4) is 0 Å². The summed E-state index contributed by atoms with van der Waals surface area (Å²) in [6.07, 6.45) is 0. The monoisotopic (exact) mass is 419 g/mol. The molecule has 1 heterocycles. The van der Waals surface area contributed by atoms with Gasteiger partial charge in [0.05, 0.1) is 10.7 Å². The van der Waals surface area contributed by atoms with E-state index >= 15 is 0 Å². The average Bonchev–Trinajstić information content (AvgIpc) is 2.61. The summed E-state index contributed by atoms with van der Waals surface area (Å²) >= 11 is 17.4. The van der Waals surface area contributed by atoms with Crippen LogP contribution >= 0.6 is 34.8 Å². The van der Waals surface area contributed by atoms with Crippen molar-refractivity contribution >= 4 is 52.4 Å². The maximum Gasteiger partial charge on any atom is 0.359 e. The molecule has 2 aromatic rings. The molecule has 0 bridgehead atoms. The van der Waals surface area contributed by atoms with Crippen LogP contribution in [-0.4, -0.2) is 23.5 Å². The van der Waals surface area contributed by atoms with Crippen LogP contribution in [0.2, 0.25) is 15.2 Å². The zero-order chi connectivity index (χ0) is 19.4. The maximum absolute atomic E-state index is 13.4. The predicted octanol–water partition coefficient (Wildman–Crippen LogP) is 3.54. The normalized spacial score (nSPS) is 10.5. The molecule has 2 rings (SSSR count). The lowest BCUT2D eigenvalue weighted by atomic mass is 10.1. The van der Waals surface area contributed by atoms with E-state index in [9.17, 15) is 14.0 Å². The van der Waals surface area contributed by atoms with E-state index in [0.717, 1.165) is 0 Å². The summed E-state index contributed by atoms with van der Waals surface area (Å²) in [5, 5.41) is 1.97. The predicted molar refractivity (Wildman–Crippen MR) is 96.9 cm³/mol. The number of nitrogens with zero attached hydrogens (tertiary/aromatic N) is 1. The van der Waals surface area contributed by atoms with Gasteiger partial charge >= 0.3 is 5.97 Å². The summed E-state index contributed by atoms with van der Waals surface area (Å²) in [5.74, 6) is -1.96. The van der Waals surface area contributed by atoms with Crippen molar-refractivity contribution in [2.45, 2.75) is 13.5 Å². The second-order valence-electron chi connectivity index (χ2n) is 5.23. The van der Waals surface area contributed by atoms with Crippen LogP contribution < -0.4 is 11.1 Å². The first-order valence-electron chi connectivity index (χ1n) is 7.19. The molecule has 0 spiro atoms. The highest BCUT2D eigenvalue weighted by molar-refractivity contribution is 6.46. The van der Waals surface area contributed by atoms with Gasteiger partial charge in [0.2, 0.25) is 0 Å². The second kappa shape index (κ2) is 8.53. The number of esters is 1. The molecule has 6 nitrogen and oxygen atoms in total. The zero-order valence-corrected chi connectivity index (χ0v) is 15.7. The average molecular weight is 421 g/mol. The molecule has 0 fully saturated rings. The van der Waals surface area contributed by atoms with E-state index in [-0.39, 0.29) is 38.9 Å². The van der Waals surface area contributed by atoms with Crippen LogP contribution in [0.5, 0.6) is 0 Å². The number of nitrogens with one attached hydrogen (secondary N) is 1. The number of ether oxygens (including phenoxy) is 1. The fourth-order valence-electron chi connectivity index (χ4n) is 1.86. The molecule has 0 aliphatic rings. The lowest BCUT2D eigenvalue weighted by Gasteiger charge is -2.10. The number of anilines is 1. The Morgan fingerprint density at radius 1 is 1.27 bits per heavy atom. The number of aromatic nitrogens is 1. The fourth-order valence-corrected chi connectivity index (χ4v) is 2.45. The molecular formula is C16H13Cl3FN3O3. The molecule has 1 aromatic carbocycles. The number of nitrogens with two attached hydrogens (primary N) is 1. The fraction of sp³-hybridized carbons (Fsp3) is 0.188. The Bertz CT molecular complexity index is 878. The number of hydrogen-bond acceptors (Lipinski definition) is 5. The van der Waals surface area contributed by atoms with Gasteiger partial charge in [-0.25, -0.2) is 14.2 Å². The topological polar surface area (TPSA) is 94.3 Å². The van der Waals surface area contributed by atoms with E-state index in [1.54, 1.807) is 19.1 Å². The van der Waals surface area contributed by atoms with E-state index in [4.69, 9.17) is 45.3 Å². The number of carbonyl (C=O) groups is 2. The third kappa shape index (κ3) is 4.75. The van der Waals surface area contributed by atoms with Gasteiger partial charge in [0.15, 0.2) is 17.5 Å². The highest BCUT2D eigenvalue weighted by atomic mass is 35.5. The van der Waals surface area contributed by atoms with Crippen molar-refractivity contribution in [1.82, 2.24) is 10.3 Å². The minimum atomic E-state index is -0.989. The number of halogens is 4.